The number of nitrogens with zero attached hydrogens (tertiary/aromatic N) is 4. The van der Waals surface area contributed by atoms with E-state index in [4.69, 9.17) is 21.1 Å². The SMILES string of the molecule is C1COC(NC(C2CC2)C2CC2)=N1.COc1nc(C)nc(Cl)c1NC1=NCCN1. The molecule has 0 radical (unpaired) electrons. The minimum absolute atomic E-state index is 0.320. The Hall–Kier alpha value is -2.29. The molecule has 0 bridgehead atoms. The van der Waals surface area contributed by atoms with Crippen molar-refractivity contribution in [2.24, 2.45) is 21.8 Å². The van der Waals surface area contributed by atoms with Crippen LogP contribution >= 0.6 is 11.6 Å². The standard InChI is InChI=1S/C10H16N2O.C9H12ClN5O/c1-2-7(1)9(8-3-4-8)12-10-11-5-6-13-10;1-5-13-7(10)6(8(14-5)16-2)15-9-11-3-4-12-9/h7-9H,1-6H2,(H,11,12);3-4H2,1-2H3,(H2,11,12,15). The number of amidine groups is 1. The van der Waals surface area contributed by atoms with E-state index < -0.39 is 0 Å². The molecule has 0 amide bonds. The zero-order chi connectivity index (χ0) is 20.2. The number of nitrogens with one attached hydrogen (secondary N) is 3. The van der Waals surface area contributed by atoms with Gasteiger partial charge in [-0.25, -0.2) is 9.98 Å². The van der Waals surface area contributed by atoms with E-state index in [1.165, 1.54) is 32.8 Å². The third-order valence-corrected chi connectivity index (χ3v) is 5.46. The zero-order valence-electron chi connectivity index (χ0n) is 16.9. The van der Waals surface area contributed by atoms with Gasteiger partial charge in [0, 0.05) is 12.6 Å². The number of aromatic nitrogens is 2. The Labute approximate surface area is 175 Å². The fourth-order valence-corrected chi connectivity index (χ4v) is 3.71. The van der Waals surface area contributed by atoms with Crippen LogP contribution in [0.5, 0.6) is 5.88 Å². The quantitative estimate of drug-likeness (QED) is 0.624. The van der Waals surface area contributed by atoms with Crippen molar-refractivity contribution in [3.05, 3.63) is 11.0 Å². The summed E-state index contributed by atoms with van der Waals surface area (Å²) in [6.07, 6.45) is 5.62. The van der Waals surface area contributed by atoms with E-state index >= 15 is 0 Å². The number of hydrogen-bond acceptors (Lipinski definition) is 9. The molecule has 3 heterocycles. The summed E-state index contributed by atoms with van der Waals surface area (Å²) >= 11 is 6.02. The van der Waals surface area contributed by atoms with Gasteiger partial charge in [-0.05, 0) is 44.4 Å². The number of aryl methyl sites for hydroxylation is 1. The highest BCUT2D eigenvalue weighted by Gasteiger charge is 2.42. The van der Waals surface area contributed by atoms with Crippen molar-refractivity contribution in [1.29, 1.82) is 0 Å². The molecule has 158 valence electrons. The lowest BCUT2D eigenvalue weighted by atomic mass is 10.1. The first-order chi connectivity index (χ1) is 14.1. The Morgan fingerprint density at radius 1 is 1.14 bits per heavy atom. The molecule has 0 saturated heterocycles. The summed E-state index contributed by atoms with van der Waals surface area (Å²) in [5, 5.41) is 9.87. The summed E-state index contributed by atoms with van der Waals surface area (Å²) in [7, 11) is 1.53. The molecule has 29 heavy (non-hydrogen) atoms. The van der Waals surface area contributed by atoms with Gasteiger partial charge in [0.1, 0.15) is 18.1 Å². The second-order valence-corrected chi connectivity index (χ2v) is 7.97. The molecule has 2 fully saturated rings. The van der Waals surface area contributed by atoms with Crippen LogP contribution in [0.15, 0.2) is 9.98 Å². The van der Waals surface area contributed by atoms with Crippen molar-refractivity contribution in [3.63, 3.8) is 0 Å². The monoisotopic (exact) mass is 421 g/mol. The van der Waals surface area contributed by atoms with Crippen LogP contribution in [0.3, 0.4) is 0 Å². The van der Waals surface area contributed by atoms with E-state index in [9.17, 15) is 0 Å². The summed E-state index contributed by atoms with van der Waals surface area (Å²) in [5.74, 6) is 3.47. The van der Waals surface area contributed by atoms with E-state index in [2.05, 4.69) is 35.9 Å². The number of hydrogen-bond donors (Lipinski definition) is 3. The summed E-state index contributed by atoms with van der Waals surface area (Å²) in [4.78, 5) is 16.7. The minimum atomic E-state index is 0.320. The smallest absolute Gasteiger partial charge is 0.285 e. The lowest BCUT2D eigenvalue weighted by Gasteiger charge is -2.17. The van der Waals surface area contributed by atoms with Crippen LogP contribution in [0, 0.1) is 18.8 Å². The number of methoxy groups -OCH3 is 1. The Bertz CT molecular complexity index is 781. The fourth-order valence-electron chi connectivity index (χ4n) is 3.46. The highest BCUT2D eigenvalue weighted by molar-refractivity contribution is 6.32. The van der Waals surface area contributed by atoms with Crippen molar-refractivity contribution in [3.8, 4) is 5.88 Å². The molecule has 4 aliphatic rings. The first-order valence-corrected chi connectivity index (χ1v) is 10.6. The lowest BCUT2D eigenvalue weighted by molar-refractivity contribution is 0.316. The van der Waals surface area contributed by atoms with Gasteiger partial charge < -0.3 is 25.4 Å². The van der Waals surface area contributed by atoms with Crippen LogP contribution in [-0.4, -0.2) is 61.3 Å². The van der Waals surface area contributed by atoms with Gasteiger partial charge in [-0.3, -0.25) is 4.99 Å². The summed E-state index contributed by atoms with van der Waals surface area (Å²) in [5.41, 5.74) is 0.530. The third-order valence-electron chi connectivity index (χ3n) is 5.19. The topological polar surface area (TPSA) is 105 Å². The maximum Gasteiger partial charge on any atom is 0.285 e. The first-order valence-electron chi connectivity index (χ1n) is 10.2. The van der Waals surface area contributed by atoms with Crippen molar-refractivity contribution < 1.29 is 9.47 Å². The molecule has 2 saturated carbocycles. The molecule has 0 unspecified atom stereocenters. The lowest BCUT2D eigenvalue weighted by Crippen LogP contribution is -2.38. The average Bonchev–Trinajstić information content (AvgIpc) is 3.63. The largest absolute Gasteiger partial charge is 0.479 e. The Morgan fingerprint density at radius 2 is 1.90 bits per heavy atom. The van der Waals surface area contributed by atoms with Crippen molar-refractivity contribution in [2.75, 3.05) is 38.7 Å². The molecule has 0 spiro atoms. The molecular formula is C19H28ClN7O2. The summed E-state index contributed by atoms with van der Waals surface area (Å²) in [6.45, 7) is 4.92. The summed E-state index contributed by atoms with van der Waals surface area (Å²) < 4.78 is 10.5. The fraction of sp³-hybridized carbons (Fsp3) is 0.684. The second-order valence-electron chi connectivity index (χ2n) is 7.61. The molecule has 2 aliphatic heterocycles. The minimum Gasteiger partial charge on any atom is -0.479 e. The van der Waals surface area contributed by atoms with Gasteiger partial charge in [0.15, 0.2) is 11.1 Å². The zero-order valence-corrected chi connectivity index (χ0v) is 17.6. The highest BCUT2D eigenvalue weighted by Crippen LogP contribution is 2.44. The van der Waals surface area contributed by atoms with Gasteiger partial charge in [0.05, 0.1) is 20.2 Å². The normalized spacial score (nSPS) is 20.1. The van der Waals surface area contributed by atoms with E-state index in [-0.39, 0.29) is 0 Å². The average molecular weight is 422 g/mol. The number of guanidine groups is 1. The van der Waals surface area contributed by atoms with Crippen molar-refractivity contribution in [1.82, 2.24) is 20.6 Å². The molecule has 1 aromatic heterocycles. The van der Waals surface area contributed by atoms with Gasteiger partial charge in [-0.1, -0.05) is 11.6 Å². The number of halogens is 1. The molecule has 1 aromatic rings. The number of anilines is 1. The molecule has 0 atom stereocenters. The third kappa shape index (κ3) is 5.41. The van der Waals surface area contributed by atoms with E-state index in [1.54, 1.807) is 6.92 Å². The molecule has 0 aromatic carbocycles. The number of aliphatic imine (C=N–C) groups is 2. The Morgan fingerprint density at radius 3 is 2.45 bits per heavy atom. The van der Waals surface area contributed by atoms with Crippen LogP contribution in [0.4, 0.5) is 5.69 Å². The van der Waals surface area contributed by atoms with E-state index in [0.29, 0.717) is 34.5 Å². The van der Waals surface area contributed by atoms with Gasteiger partial charge in [-0.2, -0.15) is 4.98 Å². The Balaban J connectivity index is 0.000000144. The molecule has 9 nitrogen and oxygen atoms in total. The van der Waals surface area contributed by atoms with Gasteiger partial charge in [0.25, 0.3) is 6.02 Å². The predicted molar refractivity (Wildman–Crippen MR) is 113 cm³/mol. The first kappa shape index (κ1) is 20.0. The van der Waals surface area contributed by atoms with Crippen molar-refractivity contribution >= 4 is 29.3 Å². The predicted octanol–water partition coefficient (Wildman–Crippen LogP) is 1.97. The van der Waals surface area contributed by atoms with Crippen LogP contribution in [-0.2, 0) is 4.74 Å². The van der Waals surface area contributed by atoms with Gasteiger partial charge in [-0.15, -0.1) is 0 Å². The Kier molecular flexibility index (Phi) is 6.22. The molecular weight excluding hydrogens is 394 g/mol. The van der Waals surface area contributed by atoms with E-state index in [0.717, 1.165) is 44.1 Å². The van der Waals surface area contributed by atoms with Crippen molar-refractivity contribution in [2.45, 2.75) is 38.6 Å². The molecule has 5 rings (SSSR count). The highest BCUT2D eigenvalue weighted by atomic mass is 35.5. The summed E-state index contributed by atoms with van der Waals surface area (Å²) in [6, 6.07) is 1.49. The second kappa shape index (κ2) is 9.02. The number of rotatable bonds is 5. The van der Waals surface area contributed by atoms with E-state index in [1.807, 2.05) is 0 Å². The van der Waals surface area contributed by atoms with Crippen LogP contribution < -0.4 is 20.7 Å². The molecule has 10 heteroatoms. The van der Waals surface area contributed by atoms with Crippen LogP contribution in [0.2, 0.25) is 5.15 Å². The van der Waals surface area contributed by atoms with Crippen LogP contribution in [0.1, 0.15) is 31.5 Å². The van der Waals surface area contributed by atoms with Gasteiger partial charge in [0.2, 0.25) is 5.88 Å². The molecule has 2 aliphatic carbocycles. The molecule has 3 N–H and O–H groups in total. The number of ether oxygens (including phenoxy) is 2. The maximum atomic E-state index is 6.02. The maximum absolute atomic E-state index is 6.02. The van der Waals surface area contributed by atoms with Crippen LogP contribution in [0.25, 0.3) is 0 Å². The van der Waals surface area contributed by atoms with Gasteiger partial charge >= 0.3 is 0 Å².